The average Bonchev–Trinajstić information content (AvgIpc) is 2.60. The van der Waals surface area contributed by atoms with Crippen molar-refractivity contribution in [3.05, 3.63) is 52.8 Å². The van der Waals surface area contributed by atoms with Crippen molar-refractivity contribution >= 4 is 11.6 Å². The predicted octanol–water partition coefficient (Wildman–Crippen LogP) is 3.65. The lowest BCUT2D eigenvalue weighted by molar-refractivity contribution is 0.101. The van der Waals surface area contributed by atoms with E-state index in [1.54, 1.807) is 5.32 Å². The van der Waals surface area contributed by atoms with Gasteiger partial charge < -0.3 is 14.8 Å². The molecule has 0 radical (unpaired) electrons. The number of halogens is 5. The van der Waals surface area contributed by atoms with E-state index in [1.807, 2.05) is 0 Å². The largest absolute Gasteiger partial charge is 0.496 e. The van der Waals surface area contributed by atoms with E-state index >= 15 is 0 Å². The minimum absolute atomic E-state index is 0.0179. The molecule has 0 saturated heterocycles. The number of methoxy groups -OCH3 is 2. The molecule has 2 aromatic carbocycles. The van der Waals surface area contributed by atoms with E-state index in [9.17, 15) is 26.7 Å². The fourth-order valence-electron chi connectivity index (χ4n) is 1.97. The van der Waals surface area contributed by atoms with Gasteiger partial charge in [-0.15, -0.1) is 0 Å². The Bertz CT molecular complexity index is 759. The quantitative estimate of drug-likeness (QED) is 0.522. The third kappa shape index (κ3) is 2.84. The van der Waals surface area contributed by atoms with Crippen LogP contribution in [0.4, 0.5) is 27.6 Å². The van der Waals surface area contributed by atoms with E-state index in [1.165, 1.54) is 32.4 Å². The van der Waals surface area contributed by atoms with E-state index in [0.717, 1.165) is 0 Å². The minimum Gasteiger partial charge on any atom is -0.496 e. The molecule has 2 rings (SSSR count). The zero-order valence-corrected chi connectivity index (χ0v) is 12.3. The van der Waals surface area contributed by atoms with Crippen LogP contribution in [0.25, 0.3) is 0 Å². The number of ether oxygens (including phenoxy) is 2. The number of nitrogens with one attached hydrogen (secondary N) is 1. The standard InChI is InChI=1S/C15H10F5NO3/c1-23-6-4-3-5-7(24-2)8(6)15(22)21-14-12(19)10(17)9(16)11(18)13(14)20/h3-5H,1-2H3,(H,21,22). The van der Waals surface area contributed by atoms with Crippen molar-refractivity contribution in [2.24, 2.45) is 0 Å². The molecule has 1 N–H and O–H groups in total. The Morgan fingerprint density at radius 3 is 1.67 bits per heavy atom. The third-order valence-electron chi connectivity index (χ3n) is 3.10. The van der Waals surface area contributed by atoms with E-state index in [0.29, 0.717) is 0 Å². The fraction of sp³-hybridized carbons (Fsp3) is 0.133. The van der Waals surface area contributed by atoms with Gasteiger partial charge in [-0.3, -0.25) is 4.79 Å². The number of benzene rings is 2. The van der Waals surface area contributed by atoms with Crippen LogP contribution in [0.5, 0.6) is 11.5 Å². The second kappa shape index (κ2) is 6.73. The highest BCUT2D eigenvalue weighted by Crippen LogP contribution is 2.31. The summed E-state index contributed by atoms with van der Waals surface area (Å²) in [7, 11) is 2.45. The van der Waals surface area contributed by atoms with Crippen molar-refractivity contribution < 1.29 is 36.2 Å². The van der Waals surface area contributed by atoms with E-state index in [-0.39, 0.29) is 17.1 Å². The lowest BCUT2D eigenvalue weighted by Gasteiger charge is -2.14. The first-order valence-corrected chi connectivity index (χ1v) is 6.37. The van der Waals surface area contributed by atoms with Gasteiger partial charge in [-0.25, -0.2) is 22.0 Å². The first-order chi connectivity index (χ1) is 11.3. The van der Waals surface area contributed by atoms with Gasteiger partial charge >= 0.3 is 0 Å². The van der Waals surface area contributed by atoms with Crippen molar-refractivity contribution in [1.29, 1.82) is 0 Å². The molecule has 0 aliphatic rings. The van der Waals surface area contributed by atoms with Crippen LogP contribution in [-0.2, 0) is 0 Å². The second-order valence-electron chi connectivity index (χ2n) is 4.44. The summed E-state index contributed by atoms with van der Waals surface area (Å²) in [6, 6.07) is 4.19. The summed E-state index contributed by atoms with van der Waals surface area (Å²) in [5.74, 6) is -12.2. The molecule has 9 heteroatoms. The molecule has 1 amide bonds. The van der Waals surface area contributed by atoms with Crippen molar-refractivity contribution in [3.8, 4) is 11.5 Å². The lowest BCUT2D eigenvalue weighted by atomic mass is 10.1. The monoisotopic (exact) mass is 347 g/mol. The Hall–Kier alpha value is -2.84. The van der Waals surface area contributed by atoms with Crippen LogP contribution in [0.15, 0.2) is 18.2 Å². The van der Waals surface area contributed by atoms with Crippen molar-refractivity contribution in [2.45, 2.75) is 0 Å². The zero-order valence-electron chi connectivity index (χ0n) is 12.3. The van der Waals surface area contributed by atoms with Crippen LogP contribution in [0, 0.1) is 29.1 Å². The van der Waals surface area contributed by atoms with E-state index in [4.69, 9.17) is 9.47 Å². The molecule has 0 aliphatic heterocycles. The molecule has 0 atom stereocenters. The molecule has 0 aromatic heterocycles. The van der Waals surface area contributed by atoms with Gasteiger partial charge in [0.15, 0.2) is 23.3 Å². The SMILES string of the molecule is COc1cccc(OC)c1C(=O)Nc1c(F)c(F)c(F)c(F)c1F. The van der Waals surface area contributed by atoms with E-state index < -0.39 is 40.7 Å². The van der Waals surface area contributed by atoms with E-state index in [2.05, 4.69) is 0 Å². The molecule has 24 heavy (non-hydrogen) atoms. The third-order valence-corrected chi connectivity index (χ3v) is 3.10. The molecular weight excluding hydrogens is 337 g/mol. The number of hydrogen-bond acceptors (Lipinski definition) is 3. The molecule has 4 nitrogen and oxygen atoms in total. The Labute approximate surface area is 132 Å². The van der Waals surface area contributed by atoms with Crippen LogP contribution in [-0.4, -0.2) is 20.1 Å². The summed E-state index contributed by atoms with van der Waals surface area (Å²) in [5, 5.41) is 1.66. The van der Waals surface area contributed by atoms with Crippen molar-refractivity contribution in [3.63, 3.8) is 0 Å². The van der Waals surface area contributed by atoms with Gasteiger partial charge in [-0.2, -0.15) is 0 Å². The summed E-state index contributed by atoms with van der Waals surface area (Å²) >= 11 is 0. The van der Waals surface area contributed by atoms with Crippen molar-refractivity contribution in [1.82, 2.24) is 0 Å². The first-order valence-electron chi connectivity index (χ1n) is 6.37. The highest BCUT2D eigenvalue weighted by molar-refractivity contribution is 6.08. The summed E-state index contributed by atoms with van der Waals surface area (Å²) in [6.45, 7) is 0. The number of carbonyl (C=O) groups excluding carboxylic acids is 1. The van der Waals surface area contributed by atoms with Crippen LogP contribution >= 0.6 is 0 Å². The normalized spacial score (nSPS) is 10.5. The Morgan fingerprint density at radius 2 is 1.25 bits per heavy atom. The van der Waals surface area contributed by atoms with Gasteiger partial charge in [0.25, 0.3) is 5.91 Å². The summed E-state index contributed by atoms with van der Waals surface area (Å²) in [6.07, 6.45) is 0. The highest BCUT2D eigenvalue weighted by atomic mass is 19.2. The maximum Gasteiger partial charge on any atom is 0.263 e. The zero-order chi connectivity index (χ0) is 18.0. The smallest absolute Gasteiger partial charge is 0.263 e. The van der Waals surface area contributed by atoms with Gasteiger partial charge in [0.1, 0.15) is 22.7 Å². The average molecular weight is 347 g/mol. The summed E-state index contributed by atoms with van der Waals surface area (Å²) < 4.78 is 76.5. The molecule has 0 aliphatic carbocycles. The summed E-state index contributed by atoms with van der Waals surface area (Å²) in [4.78, 5) is 12.2. The number of carbonyl (C=O) groups is 1. The maximum absolute atomic E-state index is 13.6. The van der Waals surface area contributed by atoms with Gasteiger partial charge in [0, 0.05) is 0 Å². The van der Waals surface area contributed by atoms with Gasteiger partial charge in [-0.1, -0.05) is 6.07 Å². The van der Waals surface area contributed by atoms with Crippen molar-refractivity contribution in [2.75, 3.05) is 19.5 Å². The number of anilines is 1. The fourth-order valence-corrected chi connectivity index (χ4v) is 1.97. The Morgan fingerprint density at radius 1 is 0.833 bits per heavy atom. The molecule has 2 aromatic rings. The first kappa shape index (κ1) is 17.5. The van der Waals surface area contributed by atoms with Crippen LogP contribution in [0.2, 0.25) is 0 Å². The van der Waals surface area contributed by atoms with Crippen LogP contribution < -0.4 is 14.8 Å². The number of amides is 1. The van der Waals surface area contributed by atoms with Crippen LogP contribution in [0.3, 0.4) is 0 Å². The molecule has 0 spiro atoms. The number of rotatable bonds is 4. The Balaban J connectivity index is 2.53. The minimum atomic E-state index is -2.32. The number of hydrogen-bond donors (Lipinski definition) is 1. The topological polar surface area (TPSA) is 47.6 Å². The molecule has 0 fully saturated rings. The Kier molecular flexibility index (Phi) is 4.91. The predicted molar refractivity (Wildman–Crippen MR) is 73.7 cm³/mol. The van der Waals surface area contributed by atoms with Gasteiger partial charge in [-0.05, 0) is 12.1 Å². The second-order valence-corrected chi connectivity index (χ2v) is 4.44. The molecule has 0 unspecified atom stereocenters. The molecule has 128 valence electrons. The molecule has 0 saturated carbocycles. The lowest BCUT2D eigenvalue weighted by Crippen LogP contribution is -2.18. The summed E-state index contributed by atoms with van der Waals surface area (Å²) in [5.41, 5.74) is -1.74. The van der Waals surface area contributed by atoms with Crippen LogP contribution in [0.1, 0.15) is 10.4 Å². The van der Waals surface area contributed by atoms with Gasteiger partial charge in [0.05, 0.1) is 14.2 Å². The maximum atomic E-state index is 13.6. The van der Waals surface area contributed by atoms with Gasteiger partial charge in [0.2, 0.25) is 5.82 Å². The molecule has 0 bridgehead atoms. The molecular formula is C15H10F5NO3. The molecule has 0 heterocycles. The highest BCUT2D eigenvalue weighted by Gasteiger charge is 2.28.